The minimum absolute atomic E-state index is 0.0161. The molecule has 0 spiro atoms. The van der Waals surface area contributed by atoms with Crippen LogP contribution in [0.5, 0.6) is 0 Å². The Kier molecular flexibility index (Phi) is 4.63. The van der Waals surface area contributed by atoms with Crippen molar-refractivity contribution < 1.29 is 19.6 Å². The van der Waals surface area contributed by atoms with E-state index in [9.17, 15) is 24.8 Å². The summed E-state index contributed by atoms with van der Waals surface area (Å²) in [6, 6.07) is 7.19. The van der Waals surface area contributed by atoms with Crippen LogP contribution < -0.4 is 5.32 Å². The Morgan fingerprint density at radius 3 is 2.71 bits per heavy atom. The van der Waals surface area contributed by atoms with Crippen molar-refractivity contribution >= 4 is 17.6 Å². The standard InChI is InChI=1S/C15H16N4O5/c1-3-15(2,14(21)22)16-13(20)12-7-8-18(17-12)10-5-4-6-11(9-10)19(23)24/h4-9H,3H2,1-2H3,(H,16,20)(H,21,22). The molecule has 0 aliphatic carbocycles. The summed E-state index contributed by atoms with van der Waals surface area (Å²) in [6.45, 7) is 3.06. The van der Waals surface area contributed by atoms with E-state index >= 15 is 0 Å². The number of nitrogens with one attached hydrogen (secondary N) is 1. The summed E-state index contributed by atoms with van der Waals surface area (Å²) in [4.78, 5) is 33.7. The number of non-ortho nitro benzene ring substituents is 1. The summed E-state index contributed by atoms with van der Waals surface area (Å²) >= 11 is 0. The fourth-order valence-electron chi connectivity index (χ4n) is 1.95. The Hall–Kier alpha value is -3.23. The van der Waals surface area contributed by atoms with Crippen molar-refractivity contribution in [3.05, 3.63) is 52.3 Å². The largest absolute Gasteiger partial charge is 0.480 e. The van der Waals surface area contributed by atoms with Crippen molar-refractivity contribution in [2.24, 2.45) is 0 Å². The summed E-state index contributed by atoms with van der Waals surface area (Å²) in [5.41, 5.74) is -1.06. The van der Waals surface area contributed by atoms with Crippen LogP contribution in [0.4, 0.5) is 5.69 Å². The maximum Gasteiger partial charge on any atom is 0.329 e. The highest BCUT2D eigenvalue weighted by atomic mass is 16.6. The number of nitrogens with zero attached hydrogens (tertiary/aromatic N) is 3. The molecule has 2 aromatic rings. The van der Waals surface area contributed by atoms with Crippen LogP contribution in [-0.2, 0) is 4.79 Å². The molecule has 1 aromatic heterocycles. The number of aliphatic carboxylic acids is 1. The lowest BCUT2D eigenvalue weighted by Crippen LogP contribution is -2.51. The third-order valence-corrected chi connectivity index (χ3v) is 3.70. The number of nitro groups is 1. The van der Waals surface area contributed by atoms with Gasteiger partial charge in [-0.15, -0.1) is 0 Å². The Morgan fingerprint density at radius 1 is 1.42 bits per heavy atom. The molecule has 1 unspecified atom stereocenters. The van der Waals surface area contributed by atoms with Gasteiger partial charge in [-0.3, -0.25) is 14.9 Å². The molecule has 1 amide bonds. The van der Waals surface area contributed by atoms with E-state index in [4.69, 9.17) is 0 Å². The fourth-order valence-corrected chi connectivity index (χ4v) is 1.95. The van der Waals surface area contributed by atoms with Crippen LogP contribution in [0, 0.1) is 10.1 Å². The van der Waals surface area contributed by atoms with E-state index in [2.05, 4.69) is 10.4 Å². The third kappa shape index (κ3) is 3.40. The van der Waals surface area contributed by atoms with Crippen LogP contribution in [0.3, 0.4) is 0 Å². The van der Waals surface area contributed by atoms with E-state index in [1.165, 1.54) is 42.1 Å². The smallest absolute Gasteiger partial charge is 0.329 e. The molecule has 1 heterocycles. The molecule has 9 nitrogen and oxygen atoms in total. The van der Waals surface area contributed by atoms with Crippen LogP contribution in [0.1, 0.15) is 30.8 Å². The van der Waals surface area contributed by atoms with Gasteiger partial charge >= 0.3 is 5.97 Å². The first-order valence-electron chi connectivity index (χ1n) is 7.13. The molecular formula is C15H16N4O5. The number of hydrogen-bond donors (Lipinski definition) is 2. The summed E-state index contributed by atoms with van der Waals surface area (Å²) in [6.07, 6.45) is 1.68. The molecular weight excluding hydrogens is 316 g/mol. The van der Waals surface area contributed by atoms with Gasteiger partial charge in [-0.1, -0.05) is 13.0 Å². The summed E-state index contributed by atoms with van der Waals surface area (Å²) < 4.78 is 1.31. The van der Waals surface area contributed by atoms with E-state index < -0.39 is 22.3 Å². The molecule has 0 radical (unpaired) electrons. The van der Waals surface area contributed by atoms with E-state index in [0.29, 0.717) is 5.69 Å². The number of rotatable bonds is 6. The number of aromatic nitrogens is 2. The topological polar surface area (TPSA) is 127 Å². The first-order valence-corrected chi connectivity index (χ1v) is 7.13. The lowest BCUT2D eigenvalue weighted by Gasteiger charge is -2.23. The van der Waals surface area contributed by atoms with Crippen LogP contribution >= 0.6 is 0 Å². The quantitative estimate of drug-likeness (QED) is 0.613. The highest BCUT2D eigenvalue weighted by molar-refractivity contribution is 5.96. The Bertz CT molecular complexity index is 801. The maximum atomic E-state index is 12.2. The minimum atomic E-state index is -1.40. The van der Waals surface area contributed by atoms with E-state index in [0.717, 1.165) is 0 Å². The van der Waals surface area contributed by atoms with Gasteiger partial charge in [0.1, 0.15) is 5.54 Å². The number of nitro benzene ring substituents is 1. The van der Waals surface area contributed by atoms with Gasteiger partial charge in [0.25, 0.3) is 11.6 Å². The molecule has 0 aliphatic heterocycles. The highest BCUT2D eigenvalue weighted by Gasteiger charge is 2.33. The van der Waals surface area contributed by atoms with Crippen molar-refractivity contribution in [2.75, 3.05) is 0 Å². The number of carbonyl (C=O) groups excluding carboxylic acids is 1. The van der Waals surface area contributed by atoms with Gasteiger partial charge in [0, 0.05) is 18.3 Å². The van der Waals surface area contributed by atoms with Gasteiger partial charge in [0.15, 0.2) is 5.69 Å². The summed E-state index contributed by atoms with van der Waals surface area (Å²) in [5, 5.41) is 26.5. The van der Waals surface area contributed by atoms with Crippen LogP contribution in [-0.4, -0.2) is 37.2 Å². The van der Waals surface area contributed by atoms with Gasteiger partial charge < -0.3 is 10.4 Å². The lowest BCUT2D eigenvalue weighted by atomic mass is 9.99. The van der Waals surface area contributed by atoms with E-state index in [1.807, 2.05) is 0 Å². The number of benzene rings is 1. The first kappa shape index (κ1) is 17.1. The molecule has 0 saturated heterocycles. The molecule has 24 heavy (non-hydrogen) atoms. The number of carboxylic acids is 1. The van der Waals surface area contributed by atoms with Gasteiger partial charge in [-0.2, -0.15) is 5.10 Å². The Balaban J connectivity index is 2.24. The SMILES string of the molecule is CCC(C)(NC(=O)c1ccn(-c2cccc([N+](=O)[O-])c2)n1)C(=O)O. The first-order chi connectivity index (χ1) is 11.3. The molecule has 0 bridgehead atoms. The Labute approximate surface area is 137 Å². The van der Waals surface area contributed by atoms with Crippen LogP contribution in [0.25, 0.3) is 5.69 Å². The van der Waals surface area contributed by atoms with Crippen molar-refractivity contribution in [2.45, 2.75) is 25.8 Å². The summed E-state index contributed by atoms with van der Waals surface area (Å²) in [7, 11) is 0. The second-order valence-corrected chi connectivity index (χ2v) is 5.37. The zero-order chi connectivity index (χ0) is 17.9. The average molecular weight is 332 g/mol. The van der Waals surface area contributed by atoms with Gasteiger partial charge in [-0.05, 0) is 25.5 Å². The molecule has 2 rings (SSSR count). The predicted octanol–water partition coefficient (Wildman–Crippen LogP) is 1.76. The van der Waals surface area contributed by atoms with E-state index in [1.54, 1.807) is 13.0 Å². The molecule has 1 atom stereocenters. The molecule has 0 saturated carbocycles. The molecule has 126 valence electrons. The zero-order valence-electron chi connectivity index (χ0n) is 13.1. The number of hydrogen-bond acceptors (Lipinski definition) is 5. The lowest BCUT2D eigenvalue weighted by molar-refractivity contribution is -0.384. The third-order valence-electron chi connectivity index (χ3n) is 3.70. The number of amides is 1. The van der Waals surface area contributed by atoms with Crippen molar-refractivity contribution in [1.29, 1.82) is 0 Å². The summed E-state index contributed by atoms with van der Waals surface area (Å²) in [5.74, 6) is -1.78. The van der Waals surface area contributed by atoms with Gasteiger partial charge in [0.05, 0.1) is 10.6 Å². The molecule has 2 N–H and O–H groups in total. The second kappa shape index (κ2) is 6.49. The zero-order valence-corrected chi connectivity index (χ0v) is 13.1. The minimum Gasteiger partial charge on any atom is -0.480 e. The highest BCUT2D eigenvalue weighted by Crippen LogP contribution is 2.17. The fraction of sp³-hybridized carbons (Fsp3) is 0.267. The molecule has 0 fully saturated rings. The monoisotopic (exact) mass is 332 g/mol. The van der Waals surface area contributed by atoms with E-state index in [-0.39, 0.29) is 17.8 Å². The van der Waals surface area contributed by atoms with Gasteiger partial charge in [0.2, 0.25) is 0 Å². The predicted molar refractivity (Wildman–Crippen MR) is 84.0 cm³/mol. The second-order valence-electron chi connectivity index (χ2n) is 5.37. The molecule has 0 aliphatic rings. The normalized spacial score (nSPS) is 13.1. The number of carboxylic acid groups (broad SMARTS) is 1. The van der Waals surface area contributed by atoms with Crippen LogP contribution in [0.15, 0.2) is 36.5 Å². The number of carbonyl (C=O) groups is 2. The van der Waals surface area contributed by atoms with Crippen molar-refractivity contribution in [3.8, 4) is 5.69 Å². The van der Waals surface area contributed by atoms with Crippen molar-refractivity contribution in [1.82, 2.24) is 15.1 Å². The average Bonchev–Trinajstić information content (AvgIpc) is 3.04. The molecule has 1 aromatic carbocycles. The Morgan fingerprint density at radius 2 is 2.12 bits per heavy atom. The van der Waals surface area contributed by atoms with Gasteiger partial charge in [-0.25, -0.2) is 9.48 Å². The molecule has 9 heteroatoms. The maximum absolute atomic E-state index is 12.2. The van der Waals surface area contributed by atoms with Crippen LogP contribution in [0.2, 0.25) is 0 Å². The van der Waals surface area contributed by atoms with Crippen molar-refractivity contribution in [3.63, 3.8) is 0 Å².